The maximum absolute atomic E-state index is 5.67. The molecule has 0 radical (unpaired) electrons. The van der Waals surface area contributed by atoms with Gasteiger partial charge in [-0.25, -0.2) is 4.98 Å². The molecule has 1 aromatic heterocycles. The van der Waals surface area contributed by atoms with Gasteiger partial charge < -0.3 is 5.73 Å². The van der Waals surface area contributed by atoms with Gasteiger partial charge >= 0.3 is 0 Å². The second-order valence-corrected chi connectivity index (χ2v) is 7.44. The van der Waals surface area contributed by atoms with Crippen LogP contribution < -0.4 is 5.73 Å². The van der Waals surface area contributed by atoms with Gasteiger partial charge in [-0.2, -0.15) is 0 Å². The van der Waals surface area contributed by atoms with Crippen LogP contribution in [-0.2, 0) is 6.54 Å². The fraction of sp³-hybridized carbons (Fsp3) is 0.769. The summed E-state index contributed by atoms with van der Waals surface area (Å²) in [5, 5.41) is 0.667. The Bertz CT molecular complexity index is 339. The van der Waals surface area contributed by atoms with Crippen LogP contribution in [-0.4, -0.2) is 23.0 Å². The number of thiazole rings is 1. The molecule has 4 heteroatoms. The number of anilines is 1. The van der Waals surface area contributed by atoms with E-state index in [2.05, 4.69) is 44.5 Å². The molecule has 17 heavy (non-hydrogen) atoms. The molecule has 98 valence electrons. The average molecular weight is 255 g/mol. The van der Waals surface area contributed by atoms with Crippen LogP contribution >= 0.6 is 11.3 Å². The SMILES string of the molecule is CC(C)CN(Cc1cnc(N)s1)CC(C)(C)C. The van der Waals surface area contributed by atoms with Crippen molar-refractivity contribution in [1.29, 1.82) is 0 Å². The van der Waals surface area contributed by atoms with Crippen molar-refractivity contribution in [2.45, 2.75) is 41.2 Å². The molecule has 1 heterocycles. The van der Waals surface area contributed by atoms with E-state index in [0.717, 1.165) is 19.6 Å². The zero-order valence-electron chi connectivity index (χ0n) is 11.7. The van der Waals surface area contributed by atoms with Crippen molar-refractivity contribution in [3.8, 4) is 0 Å². The van der Waals surface area contributed by atoms with Crippen LogP contribution in [0.1, 0.15) is 39.5 Å². The number of nitrogens with zero attached hydrogens (tertiary/aromatic N) is 2. The topological polar surface area (TPSA) is 42.2 Å². The molecule has 0 aliphatic carbocycles. The molecule has 0 unspecified atom stereocenters. The van der Waals surface area contributed by atoms with Gasteiger partial charge in [-0.05, 0) is 11.3 Å². The van der Waals surface area contributed by atoms with E-state index < -0.39 is 0 Å². The van der Waals surface area contributed by atoms with Gasteiger partial charge in [0.25, 0.3) is 0 Å². The van der Waals surface area contributed by atoms with Crippen molar-refractivity contribution in [2.75, 3.05) is 18.8 Å². The number of hydrogen-bond acceptors (Lipinski definition) is 4. The number of nitrogens with two attached hydrogens (primary N) is 1. The van der Waals surface area contributed by atoms with Crippen molar-refractivity contribution in [3.63, 3.8) is 0 Å². The van der Waals surface area contributed by atoms with Crippen molar-refractivity contribution >= 4 is 16.5 Å². The molecule has 0 saturated carbocycles. The van der Waals surface area contributed by atoms with Gasteiger partial charge in [0.1, 0.15) is 0 Å². The summed E-state index contributed by atoms with van der Waals surface area (Å²) in [6.07, 6.45) is 1.90. The lowest BCUT2D eigenvalue weighted by molar-refractivity contribution is 0.168. The van der Waals surface area contributed by atoms with Crippen LogP contribution in [0.5, 0.6) is 0 Å². The number of rotatable bonds is 5. The highest BCUT2D eigenvalue weighted by Gasteiger charge is 2.18. The number of nitrogen functional groups attached to an aromatic ring is 1. The van der Waals surface area contributed by atoms with Crippen LogP contribution in [0.25, 0.3) is 0 Å². The summed E-state index contributed by atoms with van der Waals surface area (Å²) in [4.78, 5) is 7.87. The molecule has 0 spiro atoms. The largest absolute Gasteiger partial charge is 0.375 e. The molecule has 0 aliphatic heterocycles. The highest BCUT2D eigenvalue weighted by atomic mass is 32.1. The first-order chi connectivity index (χ1) is 7.76. The van der Waals surface area contributed by atoms with E-state index in [0.29, 0.717) is 16.5 Å². The van der Waals surface area contributed by atoms with Gasteiger partial charge in [-0.1, -0.05) is 34.6 Å². The Morgan fingerprint density at radius 2 is 2.06 bits per heavy atom. The zero-order valence-corrected chi connectivity index (χ0v) is 12.5. The summed E-state index contributed by atoms with van der Waals surface area (Å²) >= 11 is 1.59. The Kier molecular flexibility index (Phi) is 4.95. The van der Waals surface area contributed by atoms with Gasteiger partial charge in [-0.3, -0.25) is 4.90 Å². The summed E-state index contributed by atoms with van der Waals surface area (Å²) in [6, 6.07) is 0. The Balaban J connectivity index is 2.63. The molecule has 1 aromatic rings. The lowest BCUT2D eigenvalue weighted by Gasteiger charge is -2.30. The van der Waals surface area contributed by atoms with Gasteiger partial charge in [0.2, 0.25) is 0 Å². The molecule has 1 rings (SSSR count). The van der Waals surface area contributed by atoms with E-state index in [9.17, 15) is 0 Å². The van der Waals surface area contributed by atoms with Crippen LogP contribution in [0.15, 0.2) is 6.20 Å². The molecule has 0 amide bonds. The normalized spacial score (nSPS) is 12.6. The van der Waals surface area contributed by atoms with E-state index in [1.165, 1.54) is 4.88 Å². The third-order valence-electron chi connectivity index (χ3n) is 2.27. The van der Waals surface area contributed by atoms with Gasteiger partial charge in [0.05, 0.1) is 0 Å². The minimum Gasteiger partial charge on any atom is -0.375 e. The number of hydrogen-bond donors (Lipinski definition) is 1. The molecule has 0 bridgehead atoms. The molecular weight excluding hydrogens is 230 g/mol. The summed E-state index contributed by atoms with van der Waals surface area (Å²) in [5.41, 5.74) is 6.00. The van der Waals surface area contributed by atoms with Crippen LogP contribution in [0.3, 0.4) is 0 Å². The first-order valence-electron chi connectivity index (χ1n) is 6.19. The van der Waals surface area contributed by atoms with Gasteiger partial charge in [-0.15, -0.1) is 11.3 Å². The molecule has 3 nitrogen and oxygen atoms in total. The maximum Gasteiger partial charge on any atom is 0.180 e. The maximum atomic E-state index is 5.67. The third kappa shape index (κ3) is 6.03. The smallest absolute Gasteiger partial charge is 0.180 e. The third-order valence-corrected chi connectivity index (χ3v) is 3.08. The quantitative estimate of drug-likeness (QED) is 0.878. The highest BCUT2D eigenvalue weighted by molar-refractivity contribution is 7.15. The summed E-state index contributed by atoms with van der Waals surface area (Å²) in [6.45, 7) is 14.5. The fourth-order valence-corrected chi connectivity index (χ4v) is 2.71. The zero-order chi connectivity index (χ0) is 13.1. The van der Waals surface area contributed by atoms with E-state index in [1.54, 1.807) is 11.3 Å². The molecule has 0 atom stereocenters. The van der Waals surface area contributed by atoms with Crippen LogP contribution in [0.4, 0.5) is 5.13 Å². The number of aromatic nitrogens is 1. The van der Waals surface area contributed by atoms with E-state index in [1.807, 2.05) is 6.20 Å². The van der Waals surface area contributed by atoms with Crippen molar-refractivity contribution < 1.29 is 0 Å². The summed E-state index contributed by atoms with van der Waals surface area (Å²) in [5.74, 6) is 0.683. The summed E-state index contributed by atoms with van der Waals surface area (Å²) < 4.78 is 0. The lowest BCUT2D eigenvalue weighted by atomic mass is 9.95. The van der Waals surface area contributed by atoms with Crippen LogP contribution in [0.2, 0.25) is 0 Å². The molecule has 0 fully saturated rings. The van der Waals surface area contributed by atoms with Crippen molar-refractivity contribution in [2.24, 2.45) is 11.3 Å². The van der Waals surface area contributed by atoms with Gasteiger partial charge in [0.15, 0.2) is 5.13 Å². The fourth-order valence-electron chi connectivity index (χ4n) is 1.99. The summed E-state index contributed by atoms with van der Waals surface area (Å²) in [7, 11) is 0. The van der Waals surface area contributed by atoms with Gasteiger partial charge in [0, 0.05) is 30.7 Å². The molecule has 0 aliphatic rings. The molecule has 2 N–H and O–H groups in total. The first-order valence-corrected chi connectivity index (χ1v) is 7.00. The van der Waals surface area contributed by atoms with Crippen LogP contribution in [0, 0.1) is 11.3 Å². The Morgan fingerprint density at radius 1 is 1.41 bits per heavy atom. The monoisotopic (exact) mass is 255 g/mol. The van der Waals surface area contributed by atoms with Crippen molar-refractivity contribution in [3.05, 3.63) is 11.1 Å². The Hall–Kier alpha value is -0.610. The highest BCUT2D eigenvalue weighted by Crippen LogP contribution is 2.21. The Morgan fingerprint density at radius 3 is 2.47 bits per heavy atom. The predicted octanol–water partition coefficient (Wildman–Crippen LogP) is 3.23. The molecule has 0 aromatic carbocycles. The Labute approximate surface area is 109 Å². The average Bonchev–Trinajstić information content (AvgIpc) is 2.46. The standard InChI is InChI=1S/C13H25N3S/c1-10(2)7-16(9-13(3,4)5)8-11-6-15-12(14)17-11/h6,10H,7-9H2,1-5H3,(H2,14,15). The lowest BCUT2D eigenvalue weighted by Crippen LogP contribution is -2.34. The second kappa shape index (κ2) is 5.83. The second-order valence-electron chi connectivity index (χ2n) is 6.29. The van der Waals surface area contributed by atoms with Crippen molar-refractivity contribution in [1.82, 2.24) is 9.88 Å². The minimum atomic E-state index is 0.325. The molecule has 0 saturated heterocycles. The van der Waals surface area contributed by atoms with E-state index in [-0.39, 0.29) is 0 Å². The van der Waals surface area contributed by atoms with E-state index >= 15 is 0 Å². The minimum absolute atomic E-state index is 0.325. The first kappa shape index (κ1) is 14.5. The molecular formula is C13H25N3S. The predicted molar refractivity (Wildman–Crippen MR) is 76.1 cm³/mol. The van der Waals surface area contributed by atoms with E-state index in [4.69, 9.17) is 5.73 Å².